The van der Waals surface area contributed by atoms with Crippen LogP contribution in [0.2, 0.25) is 0 Å². The van der Waals surface area contributed by atoms with Crippen LogP contribution in [0.4, 0.5) is 18.9 Å². The van der Waals surface area contributed by atoms with Crippen LogP contribution in [0, 0.1) is 0 Å². The molecule has 1 amide bonds. The highest BCUT2D eigenvalue weighted by Crippen LogP contribution is 2.20. The zero-order valence-corrected chi connectivity index (χ0v) is 10.1. The fourth-order valence-corrected chi connectivity index (χ4v) is 1.41. The Bertz CT molecular complexity index is 605. The van der Waals surface area contributed by atoms with Gasteiger partial charge in [-0.2, -0.15) is 13.2 Å². The van der Waals surface area contributed by atoms with Gasteiger partial charge in [-0.3, -0.25) is 4.79 Å². The Hall–Kier alpha value is -2.51. The first kappa shape index (κ1) is 13.9. The number of benzene rings is 1. The zero-order chi connectivity index (χ0) is 14.8. The second kappa shape index (κ2) is 5.24. The number of nitrogen functional groups attached to an aromatic ring is 1. The van der Waals surface area contributed by atoms with Crippen molar-refractivity contribution >= 4 is 11.6 Å². The van der Waals surface area contributed by atoms with Crippen molar-refractivity contribution in [3.05, 3.63) is 36.2 Å². The number of aromatic nitrogens is 1. The van der Waals surface area contributed by atoms with Gasteiger partial charge in [0.05, 0.1) is 0 Å². The summed E-state index contributed by atoms with van der Waals surface area (Å²) in [6.07, 6.45) is -3.48. The van der Waals surface area contributed by atoms with Crippen molar-refractivity contribution in [3.63, 3.8) is 0 Å². The molecule has 0 spiro atoms. The van der Waals surface area contributed by atoms with Crippen LogP contribution in [0.1, 0.15) is 10.5 Å². The van der Waals surface area contributed by atoms with E-state index in [4.69, 9.17) is 10.2 Å². The predicted molar refractivity (Wildman–Crippen MR) is 64.7 cm³/mol. The van der Waals surface area contributed by atoms with Gasteiger partial charge in [-0.05, 0) is 24.3 Å². The molecule has 8 heteroatoms. The summed E-state index contributed by atoms with van der Waals surface area (Å²) in [6, 6.07) is 6.48. The van der Waals surface area contributed by atoms with Gasteiger partial charge in [-0.1, -0.05) is 0 Å². The molecule has 106 valence electrons. The third-order valence-electron chi connectivity index (χ3n) is 2.34. The van der Waals surface area contributed by atoms with Gasteiger partial charge < -0.3 is 15.5 Å². The Morgan fingerprint density at radius 3 is 2.55 bits per heavy atom. The molecule has 1 aromatic carbocycles. The third kappa shape index (κ3) is 3.50. The van der Waals surface area contributed by atoms with Crippen LogP contribution in [0.25, 0.3) is 11.5 Å². The summed E-state index contributed by atoms with van der Waals surface area (Å²) in [5, 5.41) is 1.71. The van der Waals surface area contributed by atoms with Gasteiger partial charge in [-0.15, -0.1) is 0 Å². The van der Waals surface area contributed by atoms with Crippen molar-refractivity contribution in [2.24, 2.45) is 0 Å². The van der Waals surface area contributed by atoms with E-state index >= 15 is 0 Å². The van der Waals surface area contributed by atoms with Crippen molar-refractivity contribution in [2.45, 2.75) is 6.18 Å². The highest BCUT2D eigenvalue weighted by molar-refractivity contribution is 5.92. The van der Waals surface area contributed by atoms with E-state index in [0.717, 1.165) is 6.26 Å². The number of amides is 1. The molecule has 0 bridgehead atoms. The number of oxazole rings is 1. The molecule has 5 nitrogen and oxygen atoms in total. The smallest absolute Gasteiger partial charge is 0.405 e. The van der Waals surface area contributed by atoms with E-state index < -0.39 is 18.6 Å². The molecule has 0 radical (unpaired) electrons. The molecule has 0 unspecified atom stereocenters. The first-order chi connectivity index (χ1) is 9.35. The fourth-order valence-electron chi connectivity index (χ4n) is 1.41. The number of carbonyl (C=O) groups excluding carboxylic acids is 1. The topological polar surface area (TPSA) is 81.1 Å². The molecular formula is C12H10F3N3O2. The summed E-state index contributed by atoms with van der Waals surface area (Å²) >= 11 is 0. The highest BCUT2D eigenvalue weighted by Gasteiger charge is 2.28. The second-order valence-electron chi connectivity index (χ2n) is 3.96. The van der Waals surface area contributed by atoms with Gasteiger partial charge in [0.25, 0.3) is 5.91 Å². The summed E-state index contributed by atoms with van der Waals surface area (Å²) in [7, 11) is 0. The number of nitrogens with zero attached hydrogens (tertiary/aromatic N) is 1. The number of halogens is 3. The zero-order valence-electron chi connectivity index (χ0n) is 10.1. The standard InChI is InChI=1S/C12H10F3N3O2/c13-12(14,15)6-17-10(19)9-5-20-11(18-9)7-1-3-8(16)4-2-7/h1-5H,6,16H2,(H,17,19). The molecule has 0 aliphatic rings. The summed E-state index contributed by atoms with van der Waals surface area (Å²) < 4.78 is 41.0. The molecule has 3 N–H and O–H groups in total. The maximum absolute atomic E-state index is 12.0. The van der Waals surface area contributed by atoms with Crippen LogP contribution >= 0.6 is 0 Å². The lowest BCUT2D eigenvalue weighted by atomic mass is 10.2. The Labute approximate surface area is 111 Å². The normalized spacial score (nSPS) is 11.3. The van der Waals surface area contributed by atoms with Gasteiger partial charge in [0.1, 0.15) is 12.8 Å². The Morgan fingerprint density at radius 1 is 1.30 bits per heavy atom. The molecule has 0 atom stereocenters. The first-order valence-electron chi connectivity index (χ1n) is 5.51. The van der Waals surface area contributed by atoms with Crippen molar-refractivity contribution < 1.29 is 22.4 Å². The summed E-state index contributed by atoms with van der Waals surface area (Å²) in [6.45, 7) is -1.42. The number of anilines is 1. The molecule has 0 saturated carbocycles. The Kier molecular flexibility index (Phi) is 3.64. The van der Waals surface area contributed by atoms with E-state index in [1.54, 1.807) is 29.6 Å². The van der Waals surface area contributed by atoms with Crippen LogP contribution in [0.3, 0.4) is 0 Å². The lowest BCUT2D eigenvalue weighted by molar-refractivity contribution is -0.123. The van der Waals surface area contributed by atoms with Crippen LogP contribution in [0.5, 0.6) is 0 Å². The highest BCUT2D eigenvalue weighted by atomic mass is 19.4. The molecule has 2 aromatic rings. The minimum atomic E-state index is -4.47. The molecule has 0 aliphatic carbocycles. The first-order valence-corrected chi connectivity index (χ1v) is 5.51. The summed E-state index contributed by atoms with van der Waals surface area (Å²) in [4.78, 5) is 15.3. The van der Waals surface area contributed by atoms with Crippen LogP contribution in [-0.2, 0) is 0 Å². The van der Waals surface area contributed by atoms with E-state index in [2.05, 4.69) is 4.98 Å². The Balaban J connectivity index is 2.09. The molecule has 1 aromatic heterocycles. The van der Waals surface area contributed by atoms with E-state index in [0.29, 0.717) is 11.3 Å². The summed E-state index contributed by atoms with van der Waals surface area (Å²) in [5.41, 5.74) is 6.40. The van der Waals surface area contributed by atoms with Gasteiger partial charge in [0.2, 0.25) is 5.89 Å². The summed E-state index contributed by atoms with van der Waals surface area (Å²) in [5.74, 6) is -0.824. The van der Waals surface area contributed by atoms with Crippen LogP contribution in [-0.4, -0.2) is 23.6 Å². The minimum absolute atomic E-state index is 0.127. The Morgan fingerprint density at radius 2 is 1.95 bits per heavy atom. The largest absolute Gasteiger partial charge is 0.444 e. The molecule has 2 rings (SSSR count). The number of nitrogens with two attached hydrogens (primary N) is 1. The van der Waals surface area contributed by atoms with Crippen molar-refractivity contribution in [1.82, 2.24) is 10.3 Å². The lowest BCUT2D eigenvalue weighted by Crippen LogP contribution is -2.33. The van der Waals surface area contributed by atoms with Crippen molar-refractivity contribution in [1.29, 1.82) is 0 Å². The van der Waals surface area contributed by atoms with Crippen molar-refractivity contribution in [2.75, 3.05) is 12.3 Å². The molecular weight excluding hydrogens is 275 g/mol. The second-order valence-corrected chi connectivity index (χ2v) is 3.96. The quantitative estimate of drug-likeness (QED) is 0.847. The van der Waals surface area contributed by atoms with Crippen LogP contribution in [0.15, 0.2) is 34.9 Å². The average Bonchev–Trinajstić information content (AvgIpc) is 2.85. The van der Waals surface area contributed by atoms with E-state index in [1.165, 1.54) is 0 Å². The maximum Gasteiger partial charge on any atom is 0.405 e. The monoisotopic (exact) mass is 285 g/mol. The van der Waals surface area contributed by atoms with Gasteiger partial charge in [0, 0.05) is 11.3 Å². The van der Waals surface area contributed by atoms with E-state index in [1.807, 2.05) is 0 Å². The molecule has 20 heavy (non-hydrogen) atoms. The molecule has 0 saturated heterocycles. The number of rotatable bonds is 3. The van der Waals surface area contributed by atoms with Crippen molar-refractivity contribution in [3.8, 4) is 11.5 Å². The SMILES string of the molecule is Nc1ccc(-c2nc(C(=O)NCC(F)(F)F)co2)cc1. The predicted octanol–water partition coefficient (Wildman–Crippen LogP) is 2.22. The fraction of sp³-hybridized carbons (Fsp3) is 0.167. The molecule has 0 aliphatic heterocycles. The van der Waals surface area contributed by atoms with Gasteiger partial charge >= 0.3 is 6.18 Å². The lowest BCUT2D eigenvalue weighted by Gasteiger charge is -2.06. The number of hydrogen-bond donors (Lipinski definition) is 2. The number of hydrogen-bond acceptors (Lipinski definition) is 4. The molecule has 0 fully saturated rings. The number of alkyl halides is 3. The maximum atomic E-state index is 12.0. The van der Waals surface area contributed by atoms with E-state index in [9.17, 15) is 18.0 Å². The van der Waals surface area contributed by atoms with Crippen LogP contribution < -0.4 is 11.1 Å². The number of nitrogens with one attached hydrogen (secondary N) is 1. The number of carbonyl (C=O) groups is 1. The third-order valence-corrected chi connectivity index (χ3v) is 2.34. The minimum Gasteiger partial charge on any atom is -0.444 e. The van der Waals surface area contributed by atoms with Gasteiger partial charge in [-0.25, -0.2) is 4.98 Å². The molecule has 1 heterocycles. The average molecular weight is 285 g/mol. The van der Waals surface area contributed by atoms with Gasteiger partial charge in [0.15, 0.2) is 5.69 Å². The van der Waals surface area contributed by atoms with E-state index in [-0.39, 0.29) is 11.6 Å².